The van der Waals surface area contributed by atoms with Gasteiger partial charge in [-0.15, -0.1) is 0 Å². The molecule has 0 unspecified atom stereocenters. The third-order valence-electron chi connectivity index (χ3n) is 4.74. The highest BCUT2D eigenvalue weighted by Crippen LogP contribution is 2.48. The number of hydrogen-bond acceptors (Lipinski definition) is 9. The first-order valence-corrected chi connectivity index (χ1v) is 12.9. The molecule has 9 nitrogen and oxygen atoms in total. The summed E-state index contributed by atoms with van der Waals surface area (Å²) < 4.78 is 59.7. The molecule has 2 N–H and O–H groups in total. The number of Topliss-reactive ketones (excluding diaryl/α,β-unsaturated/α-hetero) is 1. The second-order valence-electron chi connectivity index (χ2n) is 6.96. The predicted molar refractivity (Wildman–Crippen MR) is 120 cm³/mol. The van der Waals surface area contributed by atoms with Gasteiger partial charge in [0.2, 0.25) is 0 Å². The maximum absolute atomic E-state index is 13.2. The fraction of sp³-hybridized carbons (Fsp3) is 0.190. The van der Waals surface area contributed by atoms with Crippen LogP contribution in [0.3, 0.4) is 0 Å². The van der Waals surface area contributed by atoms with Crippen LogP contribution in [0.25, 0.3) is 11.3 Å². The number of nitrogens with two attached hydrogens (primary N) is 1. The molecule has 0 fully saturated rings. The summed E-state index contributed by atoms with van der Waals surface area (Å²) in [6, 6.07) is 11.1. The van der Waals surface area contributed by atoms with Crippen molar-refractivity contribution in [2.75, 3.05) is 25.4 Å². The summed E-state index contributed by atoms with van der Waals surface area (Å²) in [5.74, 6) is -0.890. The van der Waals surface area contributed by atoms with E-state index in [1.807, 2.05) is 0 Å². The van der Waals surface area contributed by atoms with E-state index in [1.54, 1.807) is 0 Å². The van der Waals surface area contributed by atoms with Crippen LogP contribution in [0.2, 0.25) is 0 Å². The van der Waals surface area contributed by atoms with Gasteiger partial charge in [0.25, 0.3) is 0 Å². The molecular formula is C21H21FN3O6PS. The Bertz CT molecular complexity index is 1310. The monoisotopic (exact) mass is 493 g/mol. The minimum Gasteiger partial charge on any atom is -0.382 e. The third kappa shape index (κ3) is 5.88. The van der Waals surface area contributed by atoms with Gasteiger partial charge in [-0.1, -0.05) is 12.1 Å². The molecule has 0 bridgehead atoms. The quantitative estimate of drug-likeness (QED) is 0.350. The molecule has 1 heterocycles. The summed E-state index contributed by atoms with van der Waals surface area (Å²) in [6.07, 6.45) is 1.28. The second kappa shape index (κ2) is 9.88. The van der Waals surface area contributed by atoms with E-state index in [9.17, 15) is 22.2 Å². The number of aromatic nitrogens is 2. The first-order chi connectivity index (χ1) is 15.6. The average Bonchev–Trinajstić information content (AvgIpc) is 2.80. The molecule has 174 valence electrons. The van der Waals surface area contributed by atoms with Crippen LogP contribution in [-0.4, -0.2) is 43.9 Å². The van der Waals surface area contributed by atoms with Gasteiger partial charge in [0, 0.05) is 26.2 Å². The lowest BCUT2D eigenvalue weighted by Crippen LogP contribution is -2.12. The number of sulfone groups is 1. The lowest BCUT2D eigenvalue weighted by atomic mass is 10.1. The molecule has 0 aliphatic carbocycles. The zero-order valence-corrected chi connectivity index (χ0v) is 19.5. The first-order valence-electron chi connectivity index (χ1n) is 9.51. The lowest BCUT2D eigenvalue weighted by molar-refractivity contribution is 0.0989. The van der Waals surface area contributed by atoms with Crippen LogP contribution in [0.4, 0.5) is 10.2 Å². The van der Waals surface area contributed by atoms with Crippen LogP contribution in [0.5, 0.6) is 0 Å². The van der Waals surface area contributed by atoms with Crippen molar-refractivity contribution >= 4 is 29.0 Å². The number of rotatable bonds is 9. The molecule has 2 aromatic carbocycles. The summed E-state index contributed by atoms with van der Waals surface area (Å²) in [7, 11) is -5.52. The van der Waals surface area contributed by atoms with Crippen molar-refractivity contribution < 1.29 is 31.2 Å². The van der Waals surface area contributed by atoms with E-state index in [2.05, 4.69) is 9.97 Å². The standard InChI is InChI=1S/C21H21FN3O6PS/c1-30-32(27,31-2)13-33(28,29)17-9-3-14(4-10-17)11-19(26)20-21(23)24-12-18(25-20)15-5-7-16(22)8-6-15/h3-10,12H,11,13H2,1-2H3,(H2,23,24). The van der Waals surface area contributed by atoms with Crippen LogP contribution in [0, 0.1) is 5.82 Å². The number of nitrogens with zero attached hydrogens (tertiary/aromatic N) is 2. The molecule has 1 aromatic heterocycles. The topological polar surface area (TPSA) is 139 Å². The molecule has 0 saturated heterocycles. The highest BCUT2D eigenvalue weighted by molar-refractivity contribution is 7.97. The van der Waals surface area contributed by atoms with E-state index in [0.29, 0.717) is 16.8 Å². The minimum atomic E-state index is -3.95. The highest BCUT2D eigenvalue weighted by Gasteiger charge is 2.31. The molecule has 0 aliphatic rings. The average molecular weight is 493 g/mol. The van der Waals surface area contributed by atoms with Gasteiger partial charge >= 0.3 is 7.60 Å². The zero-order valence-electron chi connectivity index (χ0n) is 17.8. The number of carbonyl (C=O) groups excluding carboxylic acids is 1. The van der Waals surface area contributed by atoms with Crippen LogP contribution in [0.1, 0.15) is 16.1 Å². The van der Waals surface area contributed by atoms with E-state index < -0.39 is 34.5 Å². The molecule has 0 saturated carbocycles. The molecule has 0 aliphatic heterocycles. The van der Waals surface area contributed by atoms with Crippen molar-refractivity contribution in [3.63, 3.8) is 0 Å². The van der Waals surface area contributed by atoms with Crippen molar-refractivity contribution in [3.8, 4) is 11.3 Å². The third-order valence-corrected chi connectivity index (χ3v) is 9.46. The number of carbonyl (C=O) groups is 1. The summed E-state index contributed by atoms with van der Waals surface area (Å²) in [4.78, 5) is 21.0. The largest absolute Gasteiger partial charge is 0.382 e. The SMILES string of the molecule is COP(=O)(CS(=O)(=O)c1ccc(CC(=O)c2nc(-c3ccc(F)cc3)cnc2N)cc1)OC. The smallest absolute Gasteiger partial charge is 0.345 e. The molecule has 33 heavy (non-hydrogen) atoms. The van der Waals surface area contributed by atoms with Gasteiger partial charge in [-0.05, 0) is 42.0 Å². The van der Waals surface area contributed by atoms with Gasteiger partial charge in [-0.25, -0.2) is 22.8 Å². The van der Waals surface area contributed by atoms with Gasteiger partial charge in [0.05, 0.1) is 16.8 Å². The minimum absolute atomic E-state index is 0.0466. The molecule has 3 aromatic rings. The second-order valence-corrected chi connectivity index (χ2v) is 11.6. The van der Waals surface area contributed by atoms with Gasteiger partial charge in [0.1, 0.15) is 11.5 Å². The number of nitrogen functional groups attached to an aromatic ring is 1. The van der Waals surface area contributed by atoms with Crippen LogP contribution < -0.4 is 5.73 Å². The van der Waals surface area contributed by atoms with E-state index in [-0.39, 0.29) is 22.8 Å². The number of anilines is 1. The Balaban J connectivity index is 1.79. The number of benzene rings is 2. The Morgan fingerprint density at radius 2 is 1.67 bits per heavy atom. The predicted octanol–water partition coefficient (Wildman–Crippen LogP) is 3.51. The van der Waals surface area contributed by atoms with Crippen molar-refractivity contribution in [2.24, 2.45) is 0 Å². The molecule has 12 heteroatoms. The van der Waals surface area contributed by atoms with E-state index in [4.69, 9.17) is 14.8 Å². The number of hydrogen-bond donors (Lipinski definition) is 1. The maximum Gasteiger partial charge on any atom is 0.345 e. The Hall–Kier alpha value is -2.98. The highest BCUT2D eigenvalue weighted by atomic mass is 32.2. The normalized spacial score (nSPS) is 12.0. The fourth-order valence-electron chi connectivity index (χ4n) is 2.91. The Morgan fingerprint density at radius 1 is 1.06 bits per heavy atom. The summed E-state index contributed by atoms with van der Waals surface area (Å²) >= 11 is 0. The Kier molecular flexibility index (Phi) is 7.38. The van der Waals surface area contributed by atoms with Gasteiger partial charge in [-0.3, -0.25) is 9.36 Å². The summed E-state index contributed by atoms with van der Waals surface area (Å²) in [5.41, 5.74) is 6.40. The van der Waals surface area contributed by atoms with Crippen molar-refractivity contribution in [2.45, 2.75) is 11.3 Å². The Morgan fingerprint density at radius 3 is 2.24 bits per heavy atom. The van der Waals surface area contributed by atoms with Crippen molar-refractivity contribution in [1.29, 1.82) is 0 Å². The molecule has 3 rings (SSSR count). The summed E-state index contributed by atoms with van der Waals surface area (Å²) in [5, 5.41) is 0. The fourth-order valence-corrected chi connectivity index (χ4v) is 6.71. The van der Waals surface area contributed by atoms with E-state index >= 15 is 0 Å². The van der Waals surface area contributed by atoms with Crippen molar-refractivity contribution in [3.05, 3.63) is 71.8 Å². The number of ketones is 1. The van der Waals surface area contributed by atoms with Gasteiger partial charge in [-0.2, -0.15) is 0 Å². The van der Waals surface area contributed by atoms with Gasteiger partial charge < -0.3 is 14.8 Å². The van der Waals surface area contributed by atoms with Crippen LogP contribution in [-0.2, 0) is 29.9 Å². The number of halogens is 1. The maximum atomic E-state index is 13.2. The molecule has 0 spiro atoms. The first kappa shape index (κ1) is 24.7. The van der Waals surface area contributed by atoms with Crippen molar-refractivity contribution in [1.82, 2.24) is 9.97 Å². The zero-order chi connectivity index (χ0) is 24.2. The van der Waals surface area contributed by atoms with Gasteiger partial charge in [0.15, 0.2) is 26.9 Å². The van der Waals surface area contributed by atoms with E-state index in [1.165, 1.54) is 54.7 Å². The molecular weight excluding hydrogens is 472 g/mol. The molecule has 0 amide bonds. The lowest BCUT2D eigenvalue weighted by Gasteiger charge is -2.14. The molecule has 0 radical (unpaired) electrons. The Labute approximate surface area is 190 Å². The van der Waals surface area contributed by atoms with Crippen LogP contribution in [0.15, 0.2) is 59.6 Å². The van der Waals surface area contributed by atoms with Crippen LogP contribution >= 0.6 is 7.60 Å². The summed E-state index contributed by atoms with van der Waals surface area (Å²) in [6.45, 7) is 0. The van der Waals surface area contributed by atoms with E-state index in [0.717, 1.165) is 14.2 Å². The molecule has 0 atom stereocenters.